The highest BCUT2D eigenvalue weighted by atomic mass is 32.3. The van der Waals surface area contributed by atoms with Gasteiger partial charge in [0.05, 0.1) is 19.1 Å². The lowest BCUT2D eigenvalue weighted by Gasteiger charge is -2.29. The van der Waals surface area contributed by atoms with Crippen molar-refractivity contribution >= 4 is 28.1 Å². The van der Waals surface area contributed by atoms with Gasteiger partial charge < -0.3 is 20.5 Å². The van der Waals surface area contributed by atoms with Gasteiger partial charge in [-0.15, -0.1) is 14.5 Å². The van der Waals surface area contributed by atoms with Gasteiger partial charge >= 0.3 is 16.4 Å². The van der Waals surface area contributed by atoms with E-state index in [1.165, 1.54) is 6.33 Å². The van der Waals surface area contributed by atoms with Crippen LogP contribution in [0.2, 0.25) is 0 Å². The highest BCUT2D eigenvalue weighted by Gasteiger charge is 2.49. The summed E-state index contributed by atoms with van der Waals surface area (Å²) in [6.45, 7) is 0.137. The molecule has 2 fully saturated rings. The van der Waals surface area contributed by atoms with Crippen LogP contribution in [0.4, 0.5) is 4.79 Å². The average Bonchev–Trinajstić information content (AvgIpc) is 3.17. The number of carbonyl (C=O) groups is 3. The summed E-state index contributed by atoms with van der Waals surface area (Å²) in [5.74, 6) is -0.272. The number of nitrogens with two attached hydrogens (primary N) is 1. The van der Waals surface area contributed by atoms with Gasteiger partial charge in [0.1, 0.15) is 18.2 Å². The van der Waals surface area contributed by atoms with Gasteiger partial charge in [-0.1, -0.05) is 0 Å². The van der Waals surface area contributed by atoms with Gasteiger partial charge in [0.25, 0.3) is 0 Å². The van der Waals surface area contributed by atoms with E-state index in [1.807, 2.05) is 0 Å². The highest BCUT2D eigenvalue weighted by molar-refractivity contribution is 7.80. The molecule has 14 nitrogen and oxygen atoms in total. The maximum Gasteiger partial charge on any atom is 0.418 e. The van der Waals surface area contributed by atoms with E-state index in [4.69, 9.17) is 10.3 Å². The third kappa shape index (κ3) is 4.87. The smallest absolute Gasteiger partial charge is 0.347 e. The number of fused-ring (bicyclic) bond motifs is 2. The van der Waals surface area contributed by atoms with Crippen LogP contribution in [-0.4, -0.2) is 87.1 Å². The quantitative estimate of drug-likeness (QED) is 0.351. The monoisotopic (exact) mass is 431 g/mol. The molecule has 0 aromatic carbocycles. The van der Waals surface area contributed by atoms with E-state index in [-0.39, 0.29) is 31.8 Å². The lowest BCUT2D eigenvalue weighted by Crippen LogP contribution is -2.50. The van der Waals surface area contributed by atoms with Crippen molar-refractivity contribution in [3.8, 4) is 0 Å². The Bertz CT molecular complexity index is 902. The first-order valence-electron chi connectivity index (χ1n) is 8.82. The van der Waals surface area contributed by atoms with Crippen LogP contribution in [0, 0.1) is 0 Å². The van der Waals surface area contributed by atoms with E-state index in [2.05, 4.69) is 19.8 Å². The zero-order valence-electron chi connectivity index (χ0n) is 15.3. The molecule has 4 N–H and O–H groups in total. The molecular weight excluding hydrogens is 410 g/mol. The van der Waals surface area contributed by atoms with Crippen molar-refractivity contribution in [3.63, 3.8) is 0 Å². The van der Waals surface area contributed by atoms with Crippen molar-refractivity contribution < 1.29 is 31.6 Å². The van der Waals surface area contributed by atoms with Crippen LogP contribution in [0.5, 0.6) is 0 Å². The van der Waals surface area contributed by atoms with Crippen LogP contribution in [-0.2, 0) is 37.2 Å². The van der Waals surface area contributed by atoms with Crippen LogP contribution in [0.3, 0.4) is 0 Å². The third-order valence-electron chi connectivity index (χ3n) is 4.67. The highest BCUT2D eigenvalue weighted by Crippen LogP contribution is 2.30. The van der Waals surface area contributed by atoms with Gasteiger partial charge in [-0.3, -0.25) is 14.1 Å². The predicted molar refractivity (Wildman–Crippen MR) is 94.2 cm³/mol. The Hall–Kier alpha value is -2.62. The summed E-state index contributed by atoms with van der Waals surface area (Å²) in [6, 6.07) is -2.30. The van der Waals surface area contributed by atoms with Crippen LogP contribution >= 0.6 is 0 Å². The minimum Gasteiger partial charge on any atom is -0.347 e. The van der Waals surface area contributed by atoms with Crippen molar-refractivity contribution in [2.24, 2.45) is 5.73 Å². The number of hydrogen-bond acceptors (Lipinski definition) is 9. The Morgan fingerprint density at radius 2 is 2.14 bits per heavy atom. The molecule has 15 heteroatoms. The van der Waals surface area contributed by atoms with E-state index in [1.54, 1.807) is 4.57 Å². The molecule has 0 saturated carbocycles. The van der Waals surface area contributed by atoms with Gasteiger partial charge in [0, 0.05) is 13.0 Å². The first kappa shape index (κ1) is 21.1. The van der Waals surface area contributed by atoms with Gasteiger partial charge in [-0.05, 0) is 19.4 Å². The van der Waals surface area contributed by atoms with E-state index in [0.717, 1.165) is 4.90 Å². The van der Waals surface area contributed by atoms with Crippen molar-refractivity contribution in [2.75, 3.05) is 19.6 Å². The van der Waals surface area contributed by atoms with Crippen LogP contribution in [0.15, 0.2) is 6.33 Å². The molecule has 1 aromatic rings. The largest absolute Gasteiger partial charge is 0.418 e. The van der Waals surface area contributed by atoms with Crippen molar-refractivity contribution in [3.05, 3.63) is 12.2 Å². The number of nitrogens with zero attached hydrogens (tertiary/aromatic N) is 5. The number of amides is 3. The molecule has 0 aliphatic carbocycles. The number of Topliss-reactive ketones (excluding diaryl/α,β-unsaturated/α-hetero) is 1. The van der Waals surface area contributed by atoms with Crippen LogP contribution < -0.4 is 11.1 Å². The fraction of sp³-hybridized carbons (Fsp3) is 0.643. The van der Waals surface area contributed by atoms with E-state index < -0.39 is 34.4 Å². The van der Waals surface area contributed by atoms with E-state index in [0.29, 0.717) is 30.3 Å². The van der Waals surface area contributed by atoms with Gasteiger partial charge in [-0.2, -0.15) is 13.5 Å². The lowest BCUT2D eigenvalue weighted by atomic mass is 10.0. The number of hydrogen-bond donors (Lipinski definition) is 3. The number of rotatable bonds is 9. The first-order valence-corrected chi connectivity index (χ1v) is 10.2. The minimum atomic E-state index is -4.86. The SMILES string of the molecule is NCCc1nncn1CC(=O)CNC(=O)[C@@H]1CC[C@@H]2CN1C(=O)N2OS(=O)(=O)O. The molecule has 0 radical (unpaired) electrons. The number of ketones is 1. The molecule has 3 rings (SSSR count). The zero-order chi connectivity index (χ0) is 21.2. The number of carbonyl (C=O) groups excluding carboxylic acids is 3. The lowest BCUT2D eigenvalue weighted by molar-refractivity contribution is -0.128. The molecule has 0 spiro atoms. The Balaban J connectivity index is 1.54. The number of nitrogens with one attached hydrogen (secondary N) is 1. The molecular formula is C14H21N7O7S. The topological polar surface area (TPSA) is 190 Å². The van der Waals surface area contributed by atoms with Gasteiger partial charge in [0.2, 0.25) is 5.91 Å². The van der Waals surface area contributed by atoms with Crippen molar-refractivity contribution in [2.45, 2.75) is 37.9 Å². The van der Waals surface area contributed by atoms with E-state index >= 15 is 0 Å². The molecule has 3 amide bonds. The maximum atomic E-state index is 12.5. The fourth-order valence-corrected chi connectivity index (χ4v) is 3.78. The molecule has 1 aromatic heterocycles. The van der Waals surface area contributed by atoms with Crippen molar-refractivity contribution in [1.29, 1.82) is 0 Å². The maximum absolute atomic E-state index is 12.5. The second-order valence-electron chi connectivity index (χ2n) is 6.68. The summed E-state index contributed by atoms with van der Waals surface area (Å²) in [5.41, 5.74) is 5.47. The van der Waals surface area contributed by atoms with Gasteiger partial charge in [-0.25, -0.2) is 4.79 Å². The summed E-state index contributed by atoms with van der Waals surface area (Å²) in [4.78, 5) is 38.1. The summed E-state index contributed by atoms with van der Waals surface area (Å²) < 4.78 is 36.4. The Labute approximate surface area is 165 Å². The van der Waals surface area contributed by atoms with Gasteiger partial charge in [0.15, 0.2) is 5.78 Å². The Kier molecular flexibility index (Phi) is 6.11. The summed E-state index contributed by atoms with van der Waals surface area (Å²) in [6.07, 6.45) is 2.42. The Morgan fingerprint density at radius 1 is 1.38 bits per heavy atom. The molecule has 0 unspecified atom stereocenters. The molecule has 160 valence electrons. The molecule has 3 heterocycles. The predicted octanol–water partition coefficient (Wildman–Crippen LogP) is -2.53. The molecule has 2 atom stereocenters. The standard InChI is InChI=1S/C14H21N7O7S/c15-4-3-12-18-17-8-19(12)7-10(22)5-16-13(23)11-2-1-9-6-20(11)14(24)21(9)28-29(25,26)27/h8-9,11H,1-7,15H2,(H,16,23)(H,25,26,27)/t9-,11+/m1/s1. The van der Waals surface area contributed by atoms with E-state index in [9.17, 15) is 22.8 Å². The Morgan fingerprint density at radius 3 is 2.83 bits per heavy atom. The third-order valence-corrected chi connectivity index (χ3v) is 5.02. The number of urea groups is 1. The second kappa shape index (κ2) is 8.40. The fourth-order valence-electron chi connectivity index (χ4n) is 3.39. The summed E-state index contributed by atoms with van der Waals surface area (Å²) in [5, 5.41) is 10.6. The first-order chi connectivity index (χ1) is 13.7. The second-order valence-corrected chi connectivity index (χ2v) is 7.68. The number of hydroxylamine groups is 2. The van der Waals surface area contributed by atoms with Crippen LogP contribution in [0.1, 0.15) is 18.7 Å². The number of piperidine rings is 1. The number of aromatic nitrogens is 3. The zero-order valence-corrected chi connectivity index (χ0v) is 16.1. The molecule has 2 bridgehead atoms. The normalized spacial score (nSPS) is 21.5. The molecule has 2 aliphatic heterocycles. The molecule has 2 aliphatic rings. The average molecular weight is 431 g/mol. The molecule has 2 saturated heterocycles. The molecule has 29 heavy (non-hydrogen) atoms. The summed E-state index contributed by atoms with van der Waals surface area (Å²) >= 11 is 0. The van der Waals surface area contributed by atoms with Crippen molar-refractivity contribution in [1.82, 2.24) is 30.0 Å². The minimum absolute atomic E-state index is 0.0338. The summed E-state index contributed by atoms with van der Waals surface area (Å²) in [7, 11) is -4.86. The van der Waals surface area contributed by atoms with Crippen LogP contribution in [0.25, 0.3) is 0 Å².